The number of rotatable bonds is 0. The van der Waals surface area contributed by atoms with Gasteiger partial charge in [-0.25, -0.2) is 0 Å². The van der Waals surface area contributed by atoms with Gasteiger partial charge in [-0.1, -0.05) is 36.4 Å². The van der Waals surface area contributed by atoms with Gasteiger partial charge in [0.1, 0.15) is 0 Å². The lowest BCUT2D eigenvalue weighted by Crippen LogP contribution is -2.02. The van der Waals surface area contributed by atoms with Crippen molar-refractivity contribution in [3.63, 3.8) is 0 Å². The Bertz CT molecular complexity index is 379. The van der Waals surface area contributed by atoms with E-state index in [0.717, 1.165) is 11.1 Å². The highest BCUT2D eigenvalue weighted by molar-refractivity contribution is 5.92. The molecule has 0 aliphatic heterocycles. The highest BCUT2D eigenvalue weighted by Gasteiger charge is 1.92. The van der Waals surface area contributed by atoms with E-state index in [1.54, 1.807) is 0 Å². The molecule has 13 heavy (non-hydrogen) atoms. The second-order valence-corrected chi connectivity index (χ2v) is 2.57. The molecular weight excluding hydrogens is 162 g/mol. The van der Waals surface area contributed by atoms with E-state index in [1.165, 1.54) is 5.39 Å². The molecule has 68 valence electrons. The zero-order chi connectivity index (χ0) is 9.68. The van der Waals surface area contributed by atoms with Crippen molar-refractivity contribution < 1.29 is 0 Å². The van der Waals surface area contributed by atoms with Crippen molar-refractivity contribution in [2.45, 2.75) is 0 Å². The van der Waals surface area contributed by atoms with Crippen LogP contribution in [0, 0.1) is 0 Å². The van der Waals surface area contributed by atoms with Gasteiger partial charge in [0.25, 0.3) is 0 Å². The third-order valence-electron chi connectivity index (χ3n) is 1.82. The molecule has 0 amide bonds. The molecule has 0 bridgehead atoms. The molecule has 0 saturated carbocycles. The molecule has 0 fully saturated rings. The van der Waals surface area contributed by atoms with Gasteiger partial charge in [0.15, 0.2) is 0 Å². The highest BCUT2D eigenvalue weighted by atomic mass is 15.0. The summed E-state index contributed by atoms with van der Waals surface area (Å²) >= 11 is 0. The zero-order valence-corrected chi connectivity index (χ0v) is 7.27. The maximum absolute atomic E-state index is 5.76. The van der Waals surface area contributed by atoms with E-state index in [4.69, 9.17) is 5.73 Å². The van der Waals surface area contributed by atoms with Crippen LogP contribution in [0.15, 0.2) is 42.5 Å². The second-order valence-electron chi connectivity index (χ2n) is 2.57. The van der Waals surface area contributed by atoms with Crippen LogP contribution >= 0.6 is 0 Å². The van der Waals surface area contributed by atoms with Gasteiger partial charge in [-0.2, -0.15) is 0 Å². The van der Waals surface area contributed by atoms with Crippen molar-refractivity contribution in [2.24, 2.45) is 11.7 Å². The lowest BCUT2D eigenvalue weighted by atomic mass is 10.1. The standard InChI is InChI=1S/C10H9N.H4N2/c11-10-7-3-5-8-4-1-2-6-9(8)10;1-2/h1-7H,11H2;1-2H2. The molecule has 3 heteroatoms. The Morgan fingerprint density at radius 1 is 0.769 bits per heavy atom. The number of anilines is 1. The van der Waals surface area contributed by atoms with Crippen LogP contribution in [0.5, 0.6) is 0 Å². The summed E-state index contributed by atoms with van der Waals surface area (Å²) in [5.41, 5.74) is 6.61. The molecule has 0 heterocycles. The Labute approximate surface area is 77.1 Å². The second kappa shape index (κ2) is 4.45. The Morgan fingerprint density at radius 3 is 2.08 bits per heavy atom. The maximum atomic E-state index is 5.76. The van der Waals surface area contributed by atoms with Gasteiger partial charge in [-0.3, -0.25) is 11.7 Å². The lowest BCUT2D eigenvalue weighted by Gasteiger charge is -1.98. The molecule has 0 spiro atoms. The minimum atomic E-state index is 0.850. The number of hydrazine groups is 1. The van der Waals surface area contributed by atoms with Crippen molar-refractivity contribution in [1.82, 2.24) is 0 Å². The molecule has 2 aromatic carbocycles. The first-order chi connectivity index (χ1) is 6.38. The van der Waals surface area contributed by atoms with E-state index in [2.05, 4.69) is 23.8 Å². The number of fused-ring (bicyclic) bond motifs is 1. The van der Waals surface area contributed by atoms with Gasteiger partial charge >= 0.3 is 0 Å². The molecule has 3 nitrogen and oxygen atoms in total. The molecular formula is C10H13N3. The zero-order valence-electron chi connectivity index (χ0n) is 7.27. The average molecular weight is 175 g/mol. The molecule has 0 unspecified atom stereocenters. The van der Waals surface area contributed by atoms with Crippen LogP contribution in [0.3, 0.4) is 0 Å². The Hall–Kier alpha value is -1.58. The monoisotopic (exact) mass is 175 g/mol. The van der Waals surface area contributed by atoms with Gasteiger partial charge in [0.2, 0.25) is 0 Å². The van der Waals surface area contributed by atoms with Crippen LogP contribution in [0.2, 0.25) is 0 Å². The summed E-state index contributed by atoms with van der Waals surface area (Å²) in [5, 5.41) is 2.34. The highest BCUT2D eigenvalue weighted by Crippen LogP contribution is 2.19. The summed E-state index contributed by atoms with van der Waals surface area (Å²) in [5.74, 6) is 8.00. The number of hydrogen-bond donors (Lipinski definition) is 3. The molecule has 0 radical (unpaired) electrons. The maximum Gasteiger partial charge on any atom is 0.0393 e. The van der Waals surface area contributed by atoms with Gasteiger partial charge in [-0.15, -0.1) is 0 Å². The predicted molar refractivity (Wildman–Crippen MR) is 56.7 cm³/mol. The Morgan fingerprint density at radius 2 is 1.38 bits per heavy atom. The van der Waals surface area contributed by atoms with Crippen molar-refractivity contribution in [2.75, 3.05) is 5.73 Å². The first kappa shape index (κ1) is 9.51. The van der Waals surface area contributed by atoms with E-state index in [9.17, 15) is 0 Å². The molecule has 0 atom stereocenters. The van der Waals surface area contributed by atoms with Crippen molar-refractivity contribution >= 4 is 16.5 Å². The molecule has 0 aromatic heterocycles. The largest absolute Gasteiger partial charge is 0.398 e. The number of hydrogen-bond acceptors (Lipinski definition) is 3. The van der Waals surface area contributed by atoms with Crippen molar-refractivity contribution in [3.05, 3.63) is 42.5 Å². The molecule has 0 aliphatic carbocycles. The fraction of sp³-hybridized carbons (Fsp3) is 0. The van der Waals surface area contributed by atoms with Crippen molar-refractivity contribution in [3.8, 4) is 0 Å². The first-order valence-electron chi connectivity index (χ1n) is 3.94. The fourth-order valence-corrected chi connectivity index (χ4v) is 1.25. The minimum Gasteiger partial charge on any atom is -0.398 e. The van der Waals surface area contributed by atoms with Gasteiger partial charge in [-0.05, 0) is 11.5 Å². The fourth-order valence-electron chi connectivity index (χ4n) is 1.25. The van der Waals surface area contributed by atoms with E-state index in [0.29, 0.717) is 0 Å². The molecule has 0 saturated heterocycles. The third-order valence-corrected chi connectivity index (χ3v) is 1.82. The van der Waals surface area contributed by atoms with Crippen LogP contribution in [0.1, 0.15) is 0 Å². The normalized spacial score (nSPS) is 9.08. The van der Waals surface area contributed by atoms with E-state index in [1.807, 2.05) is 30.3 Å². The molecule has 6 N–H and O–H groups in total. The summed E-state index contributed by atoms with van der Waals surface area (Å²) in [6.45, 7) is 0. The summed E-state index contributed by atoms with van der Waals surface area (Å²) in [7, 11) is 0. The predicted octanol–water partition coefficient (Wildman–Crippen LogP) is 1.24. The summed E-state index contributed by atoms with van der Waals surface area (Å²) in [6, 6.07) is 14.1. The van der Waals surface area contributed by atoms with Crippen LogP contribution in [0.25, 0.3) is 10.8 Å². The number of benzene rings is 2. The van der Waals surface area contributed by atoms with Crippen LogP contribution in [-0.4, -0.2) is 0 Å². The van der Waals surface area contributed by atoms with E-state index < -0.39 is 0 Å². The summed E-state index contributed by atoms with van der Waals surface area (Å²) < 4.78 is 0. The van der Waals surface area contributed by atoms with Crippen LogP contribution < -0.4 is 17.4 Å². The van der Waals surface area contributed by atoms with Crippen LogP contribution in [0.4, 0.5) is 5.69 Å². The third kappa shape index (κ3) is 1.96. The quantitative estimate of drug-likeness (QED) is 0.320. The van der Waals surface area contributed by atoms with Gasteiger partial charge in [0, 0.05) is 11.1 Å². The van der Waals surface area contributed by atoms with Crippen LogP contribution in [-0.2, 0) is 0 Å². The number of nitrogen functional groups attached to an aromatic ring is 1. The molecule has 2 aromatic rings. The lowest BCUT2D eigenvalue weighted by molar-refractivity contribution is 1.26. The molecule has 2 rings (SSSR count). The topological polar surface area (TPSA) is 78.1 Å². The summed E-state index contributed by atoms with van der Waals surface area (Å²) in [4.78, 5) is 0. The SMILES string of the molecule is NN.Nc1cccc2ccccc12. The van der Waals surface area contributed by atoms with Gasteiger partial charge in [0.05, 0.1) is 0 Å². The Kier molecular flexibility index (Phi) is 3.25. The molecule has 0 aliphatic rings. The number of nitrogens with two attached hydrogens (primary N) is 3. The van der Waals surface area contributed by atoms with E-state index in [-0.39, 0.29) is 0 Å². The van der Waals surface area contributed by atoms with Gasteiger partial charge < -0.3 is 5.73 Å². The minimum absolute atomic E-state index is 0.850. The summed E-state index contributed by atoms with van der Waals surface area (Å²) in [6.07, 6.45) is 0. The van der Waals surface area contributed by atoms with Crippen molar-refractivity contribution in [1.29, 1.82) is 0 Å². The Balaban J connectivity index is 0.000000396. The smallest absolute Gasteiger partial charge is 0.0393 e. The average Bonchev–Trinajstić information content (AvgIpc) is 2.22. The van der Waals surface area contributed by atoms with E-state index >= 15 is 0 Å². The first-order valence-corrected chi connectivity index (χ1v) is 3.94.